The van der Waals surface area contributed by atoms with Gasteiger partial charge in [0.05, 0.1) is 23.7 Å². The highest BCUT2D eigenvalue weighted by Crippen LogP contribution is 2.51. The van der Waals surface area contributed by atoms with Crippen LogP contribution >= 0.6 is 0 Å². The van der Waals surface area contributed by atoms with Gasteiger partial charge in [0, 0.05) is 31.6 Å². The molecule has 0 amide bonds. The molecule has 214 valence electrons. The van der Waals surface area contributed by atoms with Crippen LogP contribution in [0.3, 0.4) is 0 Å². The average molecular weight is 543 g/mol. The largest absolute Gasteiger partial charge is 0.458 e. The first kappa shape index (κ1) is 30.6. The van der Waals surface area contributed by atoms with Gasteiger partial charge in [-0.25, -0.2) is 4.79 Å². The molecule has 8 heteroatoms. The van der Waals surface area contributed by atoms with Crippen molar-refractivity contribution in [1.82, 2.24) is 0 Å². The number of rotatable bonds is 4. The van der Waals surface area contributed by atoms with Gasteiger partial charge >= 0.3 is 17.9 Å². The summed E-state index contributed by atoms with van der Waals surface area (Å²) in [6.45, 7) is 11.8. The summed E-state index contributed by atoms with van der Waals surface area (Å²) in [4.78, 5) is 38.2. The van der Waals surface area contributed by atoms with E-state index in [9.17, 15) is 24.6 Å². The molecule has 2 aliphatic rings. The van der Waals surface area contributed by atoms with Gasteiger partial charge in [0.25, 0.3) is 0 Å². The van der Waals surface area contributed by atoms with Crippen LogP contribution in [0.4, 0.5) is 0 Å². The summed E-state index contributed by atoms with van der Waals surface area (Å²) < 4.78 is 18.1. The van der Waals surface area contributed by atoms with Crippen molar-refractivity contribution in [3.8, 4) is 0 Å². The zero-order valence-electron chi connectivity index (χ0n) is 23.9. The summed E-state index contributed by atoms with van der Waals surface area (Å²) in [7, 11) is 0. The van der Waals surface area contributed by atoms with Gasteiger partial charge in [-0.05, 0) is 37.0 Å². The van der Waals surface area contributed by atoms with Gasteiger partial charge in [0.1, 0.15) is 12.2 Å². The zero-order chi connectivity index (χ0) is 29.1. The second-order valence-corrected chi connectivity index (χ2v) is 11.7. The summed E-state index contributed by atoms with van der Waals surface area (Å²) >= 11 is 0. The van der Waals surface area contributed by atoms with Gasteiger partial charge in [-0.15, -0.1) is 0 Å². The molecule has 0 radical (unpaired) electrons. The first-order valence-electron chi connectivity index (χ1n) is 13.5. The van der Waals surface area contributed by atoms with Gasteiger partial charge in [-0.3, -0.25) is 9.59 Å². The van der Waals surface area contributed by atoms with Crippen LogP contribution in [0, 0.1) is 23.2 Å². The second-order valence-electron chi connectivity index (χ2n) is 11.7. The van der Waals surface area contributed by atoms with Gasteiger partial charge in [0.2, 0.25) is 0 Å². The van der Waals surface area contributed by atoms with Crippen LogP contribution in [0.5, 0.6) is 0 Å². The summed E-state index contributed by atoms with van der Waals surface area (Å²) in [5, 5.41) is 22.0. The Balaban J connectivity index is 2.22. The molecule has 1 aromatic carbocycles. The Labute approximate surface area is 231 Å². The van der Waals surface area contributed by atoms with E-state index in [4.69, 9.17) is 14.2 Å². The van der Waals surface area contributed by atoms with Gasteiger partial charge < -0.3 is 24.4 Å². The van der Waals surface area contributed by atoms with Crippen molar-refractivity contribution in [2.75, 3.05) is 0 Å². The Morgan fingerprint density at radius 1 is 0.974 bits per heavy atom. The number of benzene rings is 1. The number of hydrogen-bond donors (Lipinski definition) is 2. The number of aliphatic hydroxyl groups excluding tert-OH is 2. The third-order valence-corrected chi connectivity index (χ3v) is 8.06. The summed E-state index contributed by atoms with van der Waals surface area (Å²) in [5.74, 6) is -3.11. The van der Waals surface area contributed by atoms with Crippen LogP contribution in [-0.2, 0) is 23.8 Å². The maximum absolute atomic E-state index is 13.2. The number of esters is 3. The standard InChI is InChI=1S/C31H42O8/c1-18-13-14-30(6,7)26(35)16-25(34)19(2)15-24-27(38-29(36)23-11-9-8-10-12-23)20(3)17-31(24,39-22(5)33)28(18)37-21(4)32/h8-15,18,20,24-28,34-35H,16-17H2,1-7H3/t18-,20+,24-,25+,26+,27-,28-,31+/m0/s1. The Kier molecular flexibility index (Phi) is 9.44. The van der Waals surface area contributed by atoms with Crippen molar-refractivity contribution in [3.05, 3.63) is 59.7 Å². The lowest BCUT2D eigenvalue weighted by molar-refractivity contribution is -0.195. The molecule has 0 aliphatic heterocycles. The first-order chi connectivity index (χ1) is 18.2. The molecular formula is C31H42O8. The van der Waals surface area contributed by atoms with E-state index in [0.717, 1.165) is 0 Å². The predicted octanol–water partition coefficient (Wildman–Crippen LogP) is 4.39. The number of aliphatic hydroxyl groups is 2. The molecule has 0 saturated heterocycles. The molecule has 8 atom stereocenters. The van der Waals surface area contributed by atoms with Gasteiger partial charge in [0.15, 0.2) is 5.60 Å². The molecule has 39 heavy (non-hydrogen) atoms. The molecule has 2 aliphatic carbocycles. The van der Waals surface area contributed by atoms with Crippen molar-refractivity contribution in [3.63, 3.8) is 0 Å². The van der Waals surface area contributed by atoms with Crippen LogP contribution in [0.15, 0.2) is 54.1 Å². The minimum Gasteiger partial charge on any atom is -0.458 e. The molecule has 0 bridgehead atoms. The van der Waals surface area contributed by atoms with E-state index in [0.29, 0.717) is 11.1 Å². The minimum atomic E-state index is -1.38. The van der Waals surface area contributed by atoms with Crippen molar-refractivity contribution in [1.29, 1.82) is 0 Å². The summed E-state index contributed by atoms with van der Waals surface area (Å²) in [5.41, 5.74) is -1.17. The van der Waals surface area contributed by atoms with E-state index in [-0.39, 0.29) is 18.8 Å². The fraction of sp³-hybridized carbons (Fsp3) is 0.581. The number of hydrogen-bond acceptors (Lipinski definition) is 8. The van der Waals surface area contributed by atoms with E-state index in [2.05, 4.69) is 0 Å². The molecule has 0 unspecified atom stereocenters. The van der Waals surface area contributed by atoms with Crippen molar-refractivity contribution in [2.45, 2.75) is 91.3 Å². The van der Waals surface area contributed by atoms with E-state index in [1.54, 1.807) is 43.3 Å². The van der Waals surface area contributed by atoms with E-state index < -0.39 is 65.2 Å². The number of fused-ring (bicyclic) bond motifs is 1. The Morgan fingerprint density at radius 3 is 2.21 bits per heavy atom. The molecule has 3 rings (SSSR count). The topological polar surface area (TPSA) is 119 Å². The lowest BCUT2D eigenvalue weighted by Gasteiger charge is -2.43. The Hall–Kier alpha value is -2.97. The fourth-order valence-corrected chi connectivity index (χ4v) is 5.86. The SMILES string of the molecule is CC(=O)O[C@H]1[C@@H](C)C=CC(C)(C)[C@H](O)C[C@@H](O)C(C)=C[C@H]2[C@@H](OC(=O)c3ccccc3)[C@H](C)C[C@@]21OC(C)=O. The molecule has 1 fully saturated rings. The third kappa shape index (κ3) is 6.79. The van der Waals surface area contributed by atoms with E-state index in [1.165, 1.54) is 13.8 Å². The average Bonchev–Trinajstić information content (AvgIpc) is 3.10. The molecule has 1 saturated carbocycles. The zero-order valence-corrected chi connectivity index (χ0v) is 23.9. The monoisotopic (exact) mass is 542 g/mol. The van der Waals surface area contributed by atoms with Crippen LogP contribution in [0.2, 0.25) is 0 Å². The molecule has 0 heterocycles. The second kappa shape index (κ2) is 12.0. The van der Waals surface area contributed by atoms with Crippen molar-refractivity contribution >= 4 is 17.9 Å². The molecule has 0 spiro atoms. The molecular weight excluding hydrogens is 500 g/mol. The maximum Gasteiger partial charge on any atom is 0.338 e. The first-order valence-corrected chi connectivity index (χ1v) is 13.5. The third-order valence-electron chi connectivity index (χ3n) is 8.06. The normalized spacial score (nSPS) is 34.5. The molecule has 0 aromatic heterocycles. The minimum absolute atomic E-state index is 0.0821. The summed E-state index contributed by atoms with van der Waals surface area (Å²) in [6, 6.07) is 8.60. The smallest absolute Gasteiger partial charge is 0.338 e. The van der Waals surface area contributed by atoms with Crippen LogP contribution in [-0.4, -0.2) is 58.1 Å². The molecule has 2 N–H and O–H groups in total. The fourth-order valence-electron chi connectivity index (χ4n) is 5.86. The maximum atomic E-state index is 13.2. The molecule has 8 nitrogen and oxygen atoms in total. The number of carbonyl (C=O) groups excluding carboxylic acids is 3. The Morgan fingerprint density at radius 2 is 1.62 bits per heavy atom. The van der Waals surface area contributed by atoms with Gasteiger partial charge in [-0.1, -0.05) is 64.1 Å². The van der Waals surface area contributed by atoms with Crippen LogP contribution in [0.25, 0.3) is 0 Å². The highest BCUT2D eigenvalue weighted by Gasteiger charge is 2.62. The quantitative estimate of drug-likeness (QED) is 0.327. The van der Waals surface area contributed by atoms with Crippen LogP contribution in [0.1, 0.15) is 71.7 Å². The lowest BCUT2D eigenvalue weighted by Crippen LogP contribution is -2.55. The molecule has 1 aromatic rings. The van der Waals surface area contributed by atoms with Gasteiger partial charge in [-0.2, -0.15) is 0 Å². The summed E-state index contributed by atoms with van der Waals surface area (Å²) in [6.07, 6.45) is 2.23. The van der Waals surface area contributed by atoms with Crippen molar-refractivity contribution < 1.29 is 38.8 Å². The highest BCUT2D eigenvalue weighted by atomic mass is 16.6. The lowest BCUT2D eigenvalue weighted by atomic mass is 9.75. The van der Waals surface area contributed by atoms with E-state index in [1.807, 2.05) is 39.8 Å². The number of ether oxygens (including phenoxy) is 3. The highest BCUT2D eigenvalue weighted by molar-refractivity contribution is 5.89. The van der Waals surface area contributed by atoms with E-state index >= 15 is 0 Å². The van der Waals surface area contributed by atoms with Crippen molar-refractivity contribution in [2.24, 2.45) is 23.2 Å². The number of carbonyl (C=O) groups is 3. The Bertz CT molecular complexity index is 1110. The predicted molar refractivity (Wildman–Crippen MR) is 145 cm³/mol. The van der Waals surface area contributed by atoms with Crippen LogP contribution < -0.4 is 0 Å².